The standard InChI is InChI=1S/C13H20N2O3/c1-2-11-10(3-6-18-11)12(16)15-13(9-14)4-7-17-8-5-13/h3,6H,2,4-5,7-9,14H2,1H3,(H,15,16). The number of ether oxygens (including phenoxy) is 1. The van der Waals surface area contributed by atoms with Crippen molar-refractivity contribution in [1.29, 1.82) is 0 Å². The number of carbonyl (C=O) groups is 1. The minimum Gasteiger partial charge on any atom is -0.469 e. The summed E-state index contributed by atoms with van der Waals surface area (Å²) in [6.45, 7) is 3.68. The van der Waals surface area contributed by atoms with Crippen LogP contribution in [0, 0.1) is 0 Å². The van der Waals surface area contributed by atoms with Crippen LogP contribution in [0.3, 0.4) is 0 Å². The Bertz CT molecular complexity index is 408. The average molecular weight is 252 g/mol. The van der Waals surface area contributed by atoms with Crippen LogP contribution >= 0.6 is 0 Å². The van der Waals surface area contributed by atoms with Gasteiger partial charge in [0.1, 0.15) is 5.76 Å². The number of hydrogen-bond donors (Lipinski definition) is 2. The molecule has 0 aromatic carbocycles. The second-order valence-electron chi connectivity index (χ2n) is 4.66. The van der Waals surface area contributed by atoms with Crippen LogP contribution in [0.25, 0.3) is 0 Å². The number of amides is 1. The zero-order chi connectivity index (χ0) is 13.0. The van der Waals surface area contributed by atoms with Crippen LogP contribution in [0.4, 0.5) is 0 Å². The fourth-order valence-corrected chi connectivity index (χ4v) is 2.27. The summed E-state index contributed by atoms with van der Waals surface area (Å²) in [5.74, 6) is 0.611. The van der Waals surface area contributed by atoms with Gasteiger partial charge in [-0.2, -0.15) is 0 Å². The predicted molar refractivity (Wildman–Crippen MR) is 67.4 cm³/mol. The van der Waals surface area contributed by atoms with Crippen molar-refractivity contribution in [3.63, 3.8) is 0 Å². The molecule has 1 amide bonds. The van der Waals surface area contributed by atoms with Gasteiger partial charge in [0.05, 0.1) is 17.4 Å². The number of furan rings is 1. The van der Waals surface area contributed by atoms with Crippen LogP contribution in [0.1, 0.15) is 35.9 Å². The van der Waals surface area contributed by atoms with E-state index in [0.29, 0.717) is 37.5 Å². The summed E-state index contributed by atoms with van der Waals surface area (Å²) in [6.07, 6.45) is 3.77. The molecule has 0 spiro atoms. The fraction of sp³-hybridized carbons (Fsp3) is 0.615. The van der Waals surface area contributed by atoms with Crippen LogP contribution in [0.5, 0.6) is 0 Å². The van der Waals surface area contributed by atoms with Crippen molar-refractivity contribution in [2.75, 3.05) is 19.8 Å². The number of carbonyl (C=O) groups excluding carboxylic acids is 1. The molecule has 2 heterocycles. The van der Waals surface area contributed by atoms with E-state index >= 15 is 0 Å². The van der Waals surface area contributed by atoms with Crippen LogP contribution in [0.15, 0.2) is 16.7 Å². The molecule has 100 valence electrons. The molecule has 1 aliphatic rings. The molecule has 5 nitrogen and oxygen atoms in total. The highest BCUT2D eigenvalue weighted by molar-refractivity contribution is 5.95. The minimum absolute atomic E-state index is 0.104. The van der Waals surface area contributed by atoms with Gasteiger partial charge in [-0.3, -0.25) is 4.79 Å². The zero-order valence-corrected chi connectivity index (χ0v) is 10.7. The lowest BCUT2D eigenvalue weighted by atomic mass is 9.89. The van der Waals surface area contributed by atoms with Crippen molar-refractivity contribution < 1.29 is 13.9 Å². The molecule has 0 saturated carbocycles. The summed E-state index contributed by atoms with van der Waals surface area (Å²) in [6, 6.07) is 1.71. The van der Waals surface area contributed by atoms with Gasteiger partial charge in [0, 0.05) is 26.2 Å². The highest BCUT2D eigenvalue weighted by atomic mass is 16.5. The van der Waals surface area contributed by atoms with Crippen LogP contribution in [0.2, 0.25) is 0 Å². The van der Waals surface area contributed by atoms with Crippen molar-refractivity contribution >= 4 is 5.91 Å². The summed E-state index contributed by atoms with van der Waals surface area (Å²) in [5.41, 5.74) is 6.09. The molecule has 0 unspecified atom stereocenters. The zero-order valence-electron chi connectivity index (χ0n) is 10.7. The number of nitrogens with two attached hydrogens (primary N) is 1. The van der Waals surface area contributed by atoms with Crippen LogP contribution in [-0.2, 0) is 11.2 Å². The maximum Gasteiger partial charge on any atom is 0.255 e. The quantitative estimate of drug-likeness (QED) is 0.840. The molecule has 0 radical (unpaired) electrons. The van der Waals surface area contributed by atoms with Crippen molar-refractivity contribution in [2.24, 2.45) is 5.73 Å². The van der Waals surface area contributed by atoms with Gasteiger partial charge in [0.15, 0.2) is 0 Å². The first-order chi connectivity index (χ1) is 8.71. The first-order valence-electron chi connectivity index (χ1n) is 6.37. The molecule has 1 fully saturated rings. The Labute approximate surface area is 107 Å². The topological polar surface area (TPSA) is 77.5 Å². The summed E-state index contributed by atoms with van der Waals surface area (Å²) in [4.78, 5) is 12.3. The number of hydrogen-bond acceptors (Lipinski definition) is 4. The summed E-state index contributed by atoms with van der Waals surface area (Å²) in [5, 5.41) is 3.06. The van der Waals surface area contributed by atoms with Gasteiger partial charge < -0.3 is 20.2 Å². The Hall–Kier alpha value is -1.33. The van der Waals surface area contributed by atoms with E-state index in [1.54, 1.807) is 12.3 Å². The van der Waals surface area contributed by atoms with E-state index < -0.39 is 0 Å². The Morgan fingerprint density at radius 2 is 2.22 bits per heavy atom. The van der Waals surface area contributed by atoms with Crippen LogP contribution < -0.4 is 11.1 Å². The number of rotatable bonds is 4. The highest BCUT2D eigenvalue weighted by Gasteiger charge is 2.33. The SMILES string of the molecule is CCc1occc1C(=O)NC1(CN)CCOCC1. The molecule has 0 bridgehead atoms. The van der Waals surface area contributed by atoms with Gasteiger partial charge in [-0.25, -0.2) is 0 Å². The first-order valence-corrected chi connectivity index (χ1v) is 6.37. The number of nitrogens with one attached hydrogen (secondary N) is 1. The molecule has 1 aromatic heterocycles. The molecule has 1 saturated heterocycles. The Balaban J connectivity index is 2.10. The van der Waals surface area contributed by atoms with E-state index in [2.05, 4.69) is 5.32 Å². The van der Waals surface area contributed by atoms with Gasteiger partial charge in [-0.05, 0) is 18.9 Å². The highest BCUT2D eigenvalue weighted by Crippen LogP contribution is 2.21. The van der Waals surface area contributed by atoms with Gasteiger partial charge in [-0.1, -0.05) is 6.92 Å². The molecule has 0 aliphatic carbocycles. The van der Waals surface area contributed by atoms with Gasteiger partial charge >= 0.3 is 0 Å². The Morgan fingerprint density at radius 1 is 1.50 bits per heavy atom. The lowest BCUT2D eigenvalue weighted by molar-refractivity contribution is 0.0388. The first kappa shape index (κ1) is 13.1. The Morgan fingerprint density at radius 3 is 2.83 bits per heavy atom. The normalized spacial score (nSPS) is 18.6. The van der Waals surface area contributed by atoms with Crippen LogP contribution in [-0.4, -0.2) is 31.2 Å². The van der Waals surface area contributed by atoms with E-state index in [1.165, 1.54) is 0 Å². The third kappa shape index (κ3) is 2.57. The van der Waals surface area contributed by atoms with Crippen molar-refractivity contribution in [3.05, 3.63) is 23.7 Å². The van der Waals surface area contributed by atoms with E-state index in [4.69, 9.17) is 14.9 Å². The van der Waals surface area contributed by atoms with Crippen molar-refractivity contribution in [3.8, 4) is 0 Å². The molecular formula is C13H20N2O3. The summed E-state index contributed by atoms with van der Waals surface area (Å²) >= 11 is 0. The monoisotopic (exact) mass is 252 g/mol. The molecule has 5 heteroatoms. The lowest BCUT2D eigenvalue weighted by Gasteiger charge is -2.36. The molecular weight excluding hydrogens is 232 g/mol. The molecule has 0 atom stereocenters. The summed E-state index contributed by atoms with van der Waals surface area (Å²) < 4.78 is 10.6. The van der Waals surface area contributed by atoms with E-state index in [1.807, 2.05) is 6.92 Å². The third-order valence-electron chi connectivity index (χ3n) is 3.53. The van der Waals surface area contributed by atoms with Gasteiger partial charge in [-0.15, -0.1) is 0 Å². The van der Waals surface area contributed by atoms with Gasteiger partial charge in [0.2, 0.25) is 0 Å². The molecule has 3 N–H and O–H groups in total. The smallest absolute Gasteiger partial charge is 0.255 e. The fourth-order valence-electron chi connectivity index (χ4n) is 2.27. The molecule has 18 heavy (non-hydrogen) atoms. The second-order valence-corrected chi connectivity index (χ2v) is 4.66. The third-order valence-corrected chi connectivity index (χ3v) is 3.53. The second kappa shape index (κ2) is 5.54. The van der Waals surface area contributed by atoms with E-state index in [9.17, 15) is 4.79 Å². The molecule has 2 rings (SSSR count). The lowest BCUT2D eigenvalue weighted by Crippen LogP contribution is -2.56. The molecule has 1 aliphatic heterocycles. The largest absolute Gasteiger partial charge is 0.469 e. The summed E-state index contributed by atoms with van der Waals surface area (Å²) in [7, 11) is 0. The maximum absolute atomic E-state index is 12.3. The average Bonchev–Trinajstić information content (AvgIpc) is 2.88. The maximum atomic E-state index is 12.3. The molecule has 1 aromatic rings. The minimum atomic E-state index is -0.336. The number of aryl methyl sites for hydroxylation is 1. The Kier molecular flexibility index (Phi) is 4.04. The van der Waals surface area contributed by atoms with Crippen molar-refractivity contribution in [2.45, 2.75) is 31.7 Å². The van der Waals surface area contributed by atoms with E-state index in [-0.39, 0.29) is 11.4 Å². The predicted octanol–water partition coefficient (Wildman–Crippen LogP) is 1.08. The van der Waals surface area contributed by atoms with Crippen molar-refractivity contribution in [1.82, 2.24) is 5.32 Å². The van der Waals surface area contributed by atoms with Gasteiger partial charge in [0.25, 0.3) is 5.91 Å². The van der Waals surface area contributed by atoms with E-state index in [0.717, 1.165) is 12.8 Å².